The van der Waals surface area contributed by atoms with Crippen molar-refractivity contribution in [3.8, 4) is 5.75 Å². The van der Waals surface area contributed by atoms with Crippen LogP contribution in [0.3, 0.4) is 0 Å². The van der Waals surface area contributed by atoms with Gasteiger partial charge in [0.05, 0.1) is 44.3 Å². The smallest absolute Gasteiger partial charge is 0.128 e. The van der Waals surface area contributed by atoms with Gasteiger partial charge in [0.1, 0.15) is 12.0 Å². The summed E-state index contributed by atoms with van der Waals surface area (Å²) in [5.74, 6) is 3.59. The standard InChI is InChI=1S/C8H10O.C7H10N2O.C7H13NO.C6H11NO.C6H13NO.C5H11NS/c1-7-4-3-5-8(6-7)9-2;1-9-3-2-7-6(4-9)5-10-8-7;1-8-4-6-2-3-7(5-8)9-6;1-7-3-6-2-5(7)4-8-6;1-7-3-2-5-8-6-4-7;1-6-2-4-7-5-3-6/h3-6H,1-2H3;5H,2-4H2,1H3;6-7H,2-5H2,1H3;5-6H,2-4H2,1H3;2-6H2,1H3;2-5H2,1H3. The molecule has 4 bridgehead atoms. The van der Waals surface area contributed by atoms with Crippen LogP contribution in [0.15, 0.2) is 35.1 Å². The molecule has 7 aliphatic rings. The zero-order chi connectivity index (χ0) is 36.4. The summed E-state index contributed by atoms with van der Waals surface area (Å²) < 4.78 is 26.1. The molecule has 1 aromatic carbocycles. The molecule has 0 saturated carbocycles. The minimum absolute atomic E-state index is 0.564. The average molecular weight is 733 g/mol. The van der Waals surface area contributed by atoms with Gasteiger partial charge in [0.2, 0.25) is 0 Å². The maximum atomic E-state index is 5.63. The van der Waals surface area contributed by atoms with Crippen LogP contribution in [-0.2, 0) is 27.2 Å². The number of ether oxygens (including phenoxy) is 4. The number of nitrogens with zero attached hydrogens (tertiary/aromatic N) is 6. The highest BCUT2D eigenvalue weighted by Crippen LogP contribution is 2.26. The van der Waals surface area contributed by atoms with Gasteiger partial charge in [-0.15, -0.1) is 0 Å². The Morgan fingerprint density at radius 1 is 0.824 bits per heavy atom. The number of methoxy groups -OCH3 is 1. The molecule has 6 fully saturated rings. The normalized spacial score (nSPS) is 27.7. The Morgan fingerprint density at radius 3 is 2.14 bits per heavy atom. The lowest BCUT2D eigenvalue weighted by Gasteiger charge is -2.28. The molecule has 0 aliphatic carbocycles. The van der Waals surface area contributed by atoms with Crippen LogP contribution < -0.4 is 4.74 Å². The summed E-state index contributed by atoms with van der Waals surface area (Å²) in [6, 6.07) is 8.71. The molecule has 51 heavy (non-hydrogen) atoms. The molecule has 0 amide bonds. The predicted molar refractivity (Wildman–Crippen MR) is 208 cm³/mol. The lowest BCUT2D eigenvalue weighted by Crippen LogP contribution is -2.39. The lowest BCUT2D eigenvalue weighted by atomic mass is 10.1. The molecule has 4 atom stereocenters. The SMILES string of the molecule is CN1CC2CC1CO2.CN1CC2CCC(C1)O2.CN1CCCOCC1.CN1CCSCC1.CN1CCc2nocc2C1.COc1cccc(C)c1. The van der Waals surface area contributed by atoms with Crippen LogP contribution in [0.5, 0.6) is 5.75 Å². The molecular formula is C39H68N6O5S. The van der Waals surface area contributed by atoms with Gasteiger partial charge in [-0.2, -0.15) is 11.8 Å². The van der Waals surface area contributed by atoms with E-state index in [1.807, 2.05) is 31.2 Å². The van der Waals surface area contributed by atoms with E-state index in [0.29, 0.717) is 18.3 Å². The van der Waals surface area contributed by atoms with Crippen molar-refractivity contribution < 1.29 is 23.5 Å². The minimum atomic E-state index is 0.564. The van der Waals surface area contributed by atoms with Crippen LogP contribution in [0.1, 0.15) is 42.5 Å². The number of thioether (sulfide) groups is 1. The number of hydrogen-bond acceptors (Lipinski definition) is 12. The molecule has 0 radical (unpaired) electrons. The molecule has 7 aliphatic heterocycles. The van der Waals surface area contributed by atoms with Crippen LogP contribution in [0.2, 0.25) is 0 Å². The van der Waals surface area contributed by atoms with E-state index in [1.54, 1.807) is 13.4 Å². The predicted octanol–water partition coefficient (Wildman–Crippen LogP) is 4.24. The number of benzene rings is 1. The fourth-order valence-corrected chi connectivity index (χ4v) is 8.04. The van der Waals surface area contributed by atoms with Crippen molar-refractivity contribution in [1.82, 2.24) is 29.7 Å². The van der Waals surface area contributed by atoms with E-state index in [4.69, 9.17) is 23.5 Å². The fourth-order valence-electron chi connectivity index (χ4n) is 6.96. The zero-order valence-electron chi connectivity index (χ0n) is 32.8. The monoisotopic (exact) mass is 732 g/mol. The van der Waals surface area contributed by atoms with Gasteiger partial charge in [-0.3, -0.25) is 4.90 Å². The van der Waals surface area contributed by atoms with E-state index in [9.17, 15) is 0 Å². The van der Waals surface area contributed by atoms with Crippen molar-refractivity contribution in [2.75, 3.05) is 126 Å². The molecule has 1 aromatic heterocycles. The highest BCUT2D eigenvalue weighted by atomic mass is 32.2. The van der Waals surface area contributed by atoms with Gasteiger partial charge in [0.25, 0.3) is 0 Å². The first-order chi connectivity index (χ1) is 24.7. The van der Waals surface area contributed by atoms with Crippen molar-refractivity contribution in [1.29, 1.82) is 0 Å². The van der Waals surface area contributed by atoms with E-state index in [-0.39, 0.29) is 0 Å². The number of rotatable bonds is 1. The number of likely N-dealkylation sites (N-methyl/N-ethyl adjacent to an activating group) is 4. The second-order valence-electron chi connectivity index (χ2n) is 14.9. The summed E-state index contributed by atoms with van der Waals surface area (Å²) in [7, 11) is 12.4. The summed E-state index contributed by atoms with van der Waals surface area (Å²) in [4.78, 5) is 11.7. The van der Waals surface area contributed by atoms with Crippen molar-refractivity contribution in [2.24, 2.45) is 0 Å². The van der Waals surface area contributed by atoms with Crippen molar-refractivity contribution in [3.05, 3.63) is 47.3 Å². The topological polar surface area (TPSA) is 79.2 Å². The first kappa shape index (κ1) is 42.0. The van der Waals surface area contributed by atoms with Crippen LogP contribution in [0, 0.1) is 6.92 Å². The second-order valence-corrected chi connectivity index (χ2v) is 16.2. The van der Waals surface area contributed by atoms with Gasteiger partial charge < -0.3 is 43.1 Å². The maximum absolute atomic E-state index is 5.63. The second kappa shape index (κ2) is 23.1. The molecule has 2 aromatic rings. The Kier molecular flexibility index (Phi) is 19.1. The summed E-state index contributed by atoms with van der Waals surface area (Å²) in [5.41, 5.74) is 3.61. The van der Waals surface area contributed by atoms with E-state index in [2.05, 4.69) is 76.7 Å². The van der Waals surface area contributed by atoms with Crippen molar-refractivity contribution in [2.45, 2.75) is 69.9 Å². The first-order valence-corrected chi connectivity index (χ1v) is 20.2. The Labute approximate surface area is 313 Å². The molecule has 8 heterocycles. The average Bonchev–Trinajstić information content (AvgIpc) is 3.90. The van der Waals surface area contributed by atoms with Gasteiger partial charge in [-0.1, -0.05) is 17.3 Å². The number of aromatic nitrogens is 1. The summed E-state index contributed by atoms with van der Waals surface area (Å²) in [6.45, 7) is 15.3. The number of fused-ring (bicyclic) bond motifs is 5. The third kappa shape index (κ3) is 16.0. The molecule has 6 saturated heterocycles. The Morgan fingerprint density at radius 2 is 1.57 bits per heavy atom. The van der Waals surface area contributed by atoms with Crippen LogP contribution >= 0.6 is 11.8 Å². The first-order valence-electron chi connectivity index (χ1n) is 19.1. The summed E-state index contributed by atoms with van der Waals surface area (Å²) in [5, 5.41) is 3.89. The van der Waals surface area contributed by atoms with Crippen molar-refractivity contribution >= 4 is 11.8 Å². The van der Waals surface area contributed by atoms with E-state index >= 15 is 0 Å². The van der Waals surface area contributed by atoms with Gasteiger partial charge in [0, 0.05) is 95.0 Å². The molecule has 0 N–H and O–H groups in total. The van der Waals surface area contributed by atoms with E-state index in [0.717, 1.165) is 83.0 Å². The van der Waals surface area contributed by atoms with Crippen molar-refractivity contribution in [3.63, 3.8) is 0 Å². The van der Waals surface area contributed by atoms with Gasteiger partial charge in [-0.25, -0.2) is 0 Å². The largest absolute Gasteiger partial charge is 0.497 e. The summed E-state index contributed by atoms with van der Waals surface area (Å²) in [6.07, 6.45) is 9.51. The highest BCUT2D eigenvalue weighted by molar-refractivity contribution is 7.99. The lowest BCUT2D eigenvalue weighted by molar-refractivity contribution is -0.0293. The molecule has 0 spiro atoms. The van der Waals surface area contributed by atoms with Gasteiger partial charge in [-0.05, 0) is 85.5 Å². The van der Waals surface area contributed by atoms with Crippen LogP contribution in [-0.4, -0.2) is 180 Å². The zero-order valence-corrected chi connectivity index (χ0v) is 33.6. The Balaban J connectivity index is 0.000000138. The number of hydrogen-bond donors (Lipinski definition) is 0. The fraction of sp³-hybridized carbons (Fsp3) is 0.769. The molecule has 11 nitrogen and oxygen atoms in total. The molecule has 290 valence electrons. The molecule has 4 unspecified atom stereocenters. The number of likely N-dealkylation sites (tertiary alicyclic amines) is 2. The van der Waals surface area contributed by atoms with E-state index in [1.165, 1.54) is 68.0 Å². The quantitative estimate of drug-likeness (QED) is 0.421. The van der Waals surface area contributed by atoms with Crippen LogP contribution in [0.25, 0.3) is 0 Å². The molecular weight excluding hydrogens is 665 g/mol. The Hall–Kier alpha value is -1.74. The third-order valence-corrected chi connectivity index (χ3v) is 11.1. The third-order valence-electron chi connectivity index (χ3n) is 10.2. The Bertz CT molecular complexity index is 1200. The highest BCUT2D eigenvalue weighted by Gasteiger charge is 2.36. The molecule has 12 heteroatoms. The van der Waals surface area contributed by atoms with Gasteiger partial charge >= 0.3 is 0 Å². The number of aryl methyl sites for hydroxylation is 1. The minimum Gasteiger partial charge on any atom is -0.497 e. The van der Waals surface area contributed by atoms with E-state index < -0.39 is 0 Å². The maximum Gasteiger partial charge on any atom is 0.128 e. The van der Waals surface area contributed by atoms with Gasteiger partial charge in [0.15, 0.2) is 0 Å². The molecule has 9 rings (SSSR count). The summed E-state index contributed by atoms with van der Waals surface area (Å²) >= 11 is 2.06. The van der Waals surface area contributed by atoms with Crippen LogP contribution in [0.4, 0.5) is 0 Å². The number of morpholine rings is 2.